The highest BCUT2D eigenvalue weighted by molar-refractivity contribution is 6.03. The molecule has 0 radical (unpaired) electrons. The maximum Gasteiger partial charge on any atom is 0.277 e. The molecule has 0 aliphatic carbocycles. The first-order chi connectivity index (χ1) is 16.6. The van der Waals surface area contributed by atoms with Crippen molar-refractivity contribution in [2.75, 3.05) is 26.1 Å². The fraction of sp³-hybridized carbons (Fsp3) is 0.192. The van der Waals surface area contributed by atoms with E-state index < -0.39 is 0 Å². The number of hydrogen-bond donors (Lipinski definition) is 1. The molecule has 8 nitrogen and oxygen atoms in total. The lowest BCUT2D eigenvalue weighted by Gasteiger charge is -2.11. The van der Waals surface area contributed by atoms with E-state index in [-0.39, 0.29) is 11.6 Å². The van der Waals surface area contributed by atoms with Crippen molar-refractivity contribution in [3.63, 3.8) is 0 Å². The molecule has 2 aromatic carbocycles. The zero-order valence-electron chi connectivity index (χ0n) is 19.2. The number of nitrogens with zero attached hydrogens (tertiary/aromatic N) is 2. The molecule has 4 rings (SSSR count). The highest BCUT2D eigenvalue weighted by Crippen LogP contribution is 2.28. The maximum atomic E-state index is 12.4. The minimum absolute atomic E-state index is 0.228. The number of aryl methyl sites for hydroxylation is 1. The molecule has 34 heavy (non-hydrogen) atoms. The third-order valence-electron chi connectivity index (χ3n) is 5.09. The van der Waals surface area contributed by atoms with Gasteiger partial charge in [0.05, 0.1) is 26.5 Å². The first kappa shape index (κ1) is 22.8. The van der Waals surface area contributed by atoms with Crippen LogP contribution in [0.3, 0.4) is 0 Å². The van der Waals surface area contributed by atoms with Gasteiger partial charge >= 0.3 is 0 Å². The summed E-state index contributed by atoms with van der Waals surface area (Å²) in [6, 6.07) is 20.4. The lowest BCUT2D eigenvalue weighted by atomic mass is 10.1. The van der Waals surface area contributed by atoms with Gasteiger partial charge in [-0.15, -0.1) is 0 Å². The smallest absolute Gasteiger partial charge is 0.277 e. The van der Waals surface area contributed by atoms with Gasteiger partial charge in [-0.2, -0.15) is 0 Å². The molecule has 1 amide bonds. The Labute approximate surface area is 197 Å². The minimum atomic E-state index is -0.339. The number of nitrogens with one attached hydrogen (secondary N) is 1. The quantitative estimate of drug-likeness (QED) is 0.379. The zero-order chi connectivity index (χ0) is 23.9. The summed E-state index contributed by atoms with van der Waals surface area (Å²) in [5.74, 6) is 2.13. The fourth-order valence-electron chi connectivity index (χ4n) is 3.39. The topological polar surface area (TPSA) is 95.7 Å². The van der Waals surface area contributed by atoms with E-state index in [4.69, 9.17) is 18.7 Å². The fourth-order valence-corrected chi connectivity index (χ4v) is 3.39. The van der Waals surface area contributed by atoms with Gasteiger partial charge in [0.25, 0.3) is 5.91 Å². The number of anilines is 1. The molecule has 0 saturated carbocycles. The van der Waals surface area contributed by atoms with Gasteiger partial charge in [0, 0.05) is 29.8 Å². The number of aromatic nitrogens is 2. The van der Waals surface area contributed by atoms with Gasteiger partial charge in [-0.3, -0.25) is 4.79 Å². The van der Waals surface area contributed by atoms with Crippen LogP contribution in [-0.2, 0) is 6.42 Å². The summed E-state index contributed by atoms with van der Waals surface area (Å²) in [7, 11) is 3.23. The maximum absolute atomic E-state index is 12.4. The second-order valence-corrected chi connectivity index (χ2v) is 7.51. The molecule has 0 saturated heterocycles. The van der Waals surface area contributed by atoms with Gasteiger partial charge in [-0.25, -0.2) is 4.98 Å². The van der Waals surface area contributed by atoms with E-state index in [0.717, 1.165) is 16.8 Å². The monoisotopic (exact) mass is 459 g/mol. The Morgan fingerprint density at radius 2 is 1.79 bits per heavy atom. The Morgan fingerprint density at radius 1 is 0.971 bits per heavy atom. The van der Waals surface area contributed by atoms with Crippen LogP contribution in [0.1, 0.15) is 21.8 Å². The van der Waals surface area contributed by atoms with E-state index >= 15 is 0 Å². The summed E-state index contributed by atoms with van der Waals surface area (Å²) >= 11 is 0. The molecule has 0 unspecified atom stereocenters. The molecule has 0 fully saturated rings. The highest BCUT2D eigenvalue weighted by Gasteiger charge is 2.12. The van der Waals surface area contributed by atoms with Crippen LogP contribution in [0.15, 0.2) is 71.3 Å². The van der Waals surface area contributed by atoms with Crippen LogP contribution in [-0.4, -0.2) is 36.9 Å². The summed E-state index contributed by atoms with van der Waals surface area (Å²) in [6.45, 7) is 2.19. The molecule has 8 heteroatoms. The Morgan fingerprint density at radius 3 is 2.56 bits per heavy atom. The number of rotatable bonds is 9. The van der Waals surface area contributed by atoms with E-state index in [0.29, 0.717) is 41.9 Å². The second kappa shape index (κ2) is 10.5. The number of methoxy groups -OCH3 is 2. The minimum Gasteiger partial charge on any atom is -0.493 e. The largest absolute Gasteiger partial charge is 0.493 e. The lowest BCUT2D eigenvalue weighted by Crippen LogP contribution is -2.12. The second-order valence-electron chi connectivity index (χ2n) is 7.51. The number of amides is 1. The van der Waals surface area contributed by atoms with Crippen molar-refractivity contribution in [2.45, 2.75) is 13.3 Å². The van der Waals surface area contributed by atoms with Crippen molar-refractivity contribution in [2.24, 2.45) is 0 Å². The van der Waals surface area contributed by atoms with Crippen LogP contribution >= 0.6 is 0 Å². The number of carbonyl (C=O) groups excluding carboxylic acids is 1. The Kier molecular flexibility index (Phi) is 7.07. The molecule has 0 aliphatic rings. The lowest BCUT2D eigenvalue weighted by molar-refractivity contribution is 0.101. The number of ether oxygens (including phenoxy) is 3. The van der Waals surface area contributed by atoms with Crippen LogP contribution in [0, 0.1) is 6.92 Å². The number of hydrogen-bond acceptors (Lipinski definition) is 7. The van der Waals surface area contributed by atoms with Crippen molar-refractivity contribution in [1.82, 2.24) is 10.1 Å². The van der Waals surface area contributed by atoms with Gasteiger partial charge in [-0.05, 0) is 42.8 Å². The van der Waals surface area contributed by atoms with Crippen LogP contribution in [0.25, 0.3) is 11.3 Å². The van der Waals surface area contributed by atoms with Crippen molar-refractivity contribution in [3.05, 3.63) is 83.7 Å². The first-order valence-corrected chi connectivity index (χ1v) is 10.7. The summed E-state index contributed by atoms with van der Waals surface area (Å²) in [5.41, 5.74) is 3.51. The van der Waals surface area contributed by atoms with Gasteiger partial charge in [0.1, 0.15) is 5.76 Å². The standard InChI is InChI=1S/C26H25N3O5/c1-17-14-22(29-34-17)26(30)27-20-7-4-6-19(16-20)21-8-5-9-25(28-21)33-13-12-18-10-11-23(31-2)24(15-18)32-3/h4-11,14-16H,12-13H2,1-3H3,(H,27,30). The summed E-state index contributed by atoms with van der Waals surface area (Å²) in [4.78, 5) is 17.0. The third kappa shape index (κ3) is 5.53. The molecular formula is C26H25N3O5. The van der Waals surface area contributed by atoms with Gasteiger partial charge in [-0.1, -0.05) is 29.4 Å². The van der Waals surface area contributed by atoms with E-state index in [1.807, 2.05) is 54.6 Å². The summed E-state index contributed by atoms with van der Waals surface area (Å²) < 4.78 is 21.5. The molecule has 0 aliphatic heterocycles. The Balaban J connectivity index is 1.40. The van der Waals surface area contributed by atoms with E-state index in [1.54, 1.807) is 33.3 Å². The zero-order valence-corrected chi connectivity index (χ0v) is 19.2. The van der Waals surface area contributed by atoms with Gasteiger partial charge in [0.15, 0.2) is 17.2 Å². The van der Waals surface area contributed by atoms with Crippen molar-refractivity contribution in [1.29, 1.82) is 0 Å². The molecule has 2 aromatic heterocycles. The van der Waals surface area contributed by atoms with Crippen LogP contribution in [0.4, 0.5) is 5.69 Å². The Bertz CT molecular complexity index is 1280. The highest BCUT2D eigenvalue weighted by atomic mass is 16.5. The molecule has 0 spiro atoms. The first-order valence-electron chi connectivity index (χ1n) is 10.7. The predicted octanol–water partition coefficient (Wildman–Crippen LogP) is 4.94. The van der Waals surface area contributed by atoms with Gasteiger partial charge in [0.2, 0.25) is 5.88 Å². The van der Waals surface area contributed by atoms with E-state index in [1.165, 1.54) is 0 Å². The molecule has 0 atom stereocenters. The summed E-state index contributed by atoms with van der Waals surface area (Å²) in [6.07, 6.45) is 0.690. The summed E-state index contributed by atoms with van der Waals surface area (Å²) in [5, 5.41) is 6.57. The molecule has 4 aromatic rings. The van der Waals surface area contributed by atoms with Gasteiger partial charge < -0.3 is 24.1 Å². The number of carbonyl (C=O) groups is 1. The number of benzene rings is 2. The molecule has 0 bridgehead atoms. The predicted molar refractivity (Wildman–Crippen MR) is 128 cm³/mol. The normalized spacial score (nSPS) is 10.6. The third-order valence-corrected chi connectivity index (χ3v) is 5.09. The molecule has 1 N–H and O–H groups in total. The van der Waals surface area contributed by atoms with Crippen LogP contribution in [0.2, 0.25) is 0 Å². The van der Waals surface area contributed by atoms with Crippen molar-refractivity contribution >= 4 is 11.6 Å². The molecule has 2 heterocycles. The molecular weight excluding hydrogens is 434 g/mol. The average molecular weight is 460 g/mol. The molecule has 174 valence electrons. The SMILES string of the molecule is COc1ccc(CCOc2cccc(-c3cccc(NC(=O)c4cc(C)on4)c3)n2)cc1OC. The Hall–Kier alpha value is -4.33. The number of pyridine rings is 1. The van der Waals surface area contributed by atoms with E-state index in [2.05, 4.69) is 15.5 Å². The van der Waals surface area contributed by atoms with Crippen molar-refractivity contribution < 1.29 is 23.5 Å². The average Bonchev–Trinajstić information content (AvgIpc) is 3.31. The van der Waals surface area contributed by atoms with Crippen molar-refractivity contribution in [3.8, 4) is 28.6 Å². The van der Waals surface area contributed by atoms with E-state index in [9.17, 15) is 4.79 Å². The van der Waals surface area contributed by atoms with Crippen LogP contribution < -0.4 is 19.5 Å². The van der Waals surface area contributed by atoms with Crippen LogP contribution in [0.5, 0.6) is 17.4 Å².